The zero-order valence-electron chi connectivity index (χ0n) is 13.5. The lowest BCUT2D eigenvalue weighted by molar-refractivity contribution is -0.147. The Morgan fingerprint density at radius 2 is 2.21 bits per heavy atom. The van der Waals surface area contributed by atoms with Crippen LogP contribution in [0.1, 0.15) is 31.2 Å². The fourth-order valence-electron chi connectivity index (χ4n) is 3.31. The third-order valence-electron chi connectivity index (χ3n) is 4.49. The van der Waals surface area contributed by atoms with Gasteiger partial charge in [0, 0.05) is 15.8 Å². The van der Waals surface area contributed by atoms with Gasteiger partial charge in [-0.3, -0.25) is 9.59 Å². The number of nitrogens with zero attached hydrogens (tertiary/aromatic N) is 1. The molecule has 2 aliphatic rings. The number of hydrogen-bond donors (Lipinski definition) is 0. The Morgan fingerprint density at radius 1 is 1.42 bits per heavy atom. The summed E-state index contributed by atoms with van der Waals surface area (Å²) >= 11 is 5.12. The lowest BCUT2D eigenvalue weighted by Crippen LogP contribution is -2.53. The monoisotopic (exact) mass is 409 g/mol. The second-order valence-corrected chi connectivity index (χ2v) is 8.28. The molecule has 2 unspecified atom stereocenters. The molecule has 4 nitrogen and oxygen atoms in total. The van der Waals surface area contributed by atoms with E-state index >= 15 is 0 Å². The Balaban J connectivity index is 1.90. The summed E-state index contributed by atoms with van der Waals surface area (Å²) in [6, 6.07) is 8.00. The van der Waals surface area contributed by atoms with E-state index in [0.717, 1.165) is 29.3 Å². The van der Waals surface area contributed by atoms with E-state index in [4.69, 9.17) is 4.74 Å². The number of hydrogen-bond acceptors (Lipinski definition) is 4. The molecule has 24 heavy (non-hydrogen) atoms. The maximum absolute atomic E-state index is 12.9. The van der Waals surface area contributed by atoms with Gasteiger partial charge in [0.2, 0.25) is 0 Å². The number of carbonyl (C=O) groups is 2. The SMILES string of the molecule is COC(=O)CN1C(=O)/C(=C/c2cccc(Br)c2)SC2CCCCC21. The number of ether oxygens (including phenoxy) is 1. The van der Waals surface area contributed by atoms with Gasteiger partial charge in [-0.2, -0.15) is 0 Å². The molecule has 1 aromatic rings. The van der Waals surface area contributed by atoms with Crippen molar-refractivity contribution in [1.82, 2.24) is 4.90 Å². The van der Waals surface area contributed by atoms with E-state index in [-0.39, 0.29) is 24.5 Å². The van der Waals surface area contributed by atoms with Gasteiger partial charge in [0.15, 0.2) is 0 Å². The molecule has 2 atom stereocenters. The molecule has 0 aromatic heterocycles. The number of amides is 1. The largest absolute Gasteiger partial charge is 0.468 e. The van der Waals surface area contributed by atoms with Gasteiger partial charge in [-0.05, 0) is 36.6 Å². The number of benzene rings is 1. The van der Waals surface area contributed by atoms with Crippen LogP contribution in [0.15, 0.2) is 33.6 Å². The number of methoxy groups -OCH3 is 1. The summed E-state index contributed by atoms with van der Waals surface area (Å²) in [6.45, 7) is 0.0346. The van der Waals surface area contributed by atoms with Crippen LogP contribution < -0.4 is 0 Å². The summed E-state index contributed by atoms with van der Waals surface area (Å²) in [6.07, 6.45) is 6.25. The zero-order chi connectivity index (χ0) is 17.1. The molecule has 1 saturated heterocycles. The van der Waals surface area contributed by atoms with E-state index in [9.17, 15) is 9.59 Å². The molecular weight excluding hydrogens is 390 g/mol. The van der Waals surface area contributed by atoms with Gasteiger partial charge >= 0.3 is 5.97 Å². The van der Waals surface area contributed by atoms with Gasteiger partial charge in [-0.15, -0.1) is 11.8 Å². The van der Waals surface area contributed by atoms with Crippen molar-refractivity contribution in [3.05, 3.63) is 39.2 Å². The summed E-state index contributed by atoms with van der Waals surface area (Å²) in [7, 11) is 1.36. The Hall–Kier alpha value is -1.27. The van der Waals surface area contributed by atoms with Crippen LogP contribution in [0.25, 0.3) is 6.08 Å². The summed E-state index contributed by atoms with van der Waals surface area (Å²) in [5.41, 5.74) is 0.979. The van der Waals surface area contributed by atoms with Crippen LogP contribution in [0.4, 0.5) is 0 Å². The van der Waals surface area contributed by atoms with Crippen molar-refractivity contribution in [2.24, 2.45) is 0 Å². The summed E-state index contributed by atoms with van der Waals surface area (Å²) in [5.74, 6) is -0.421. The highest BCUT2D eigenvalue weighted by molar-refractivity contribution is 9.10. The predicted molar refractivity (Wildman–Crippen MR) is 99.5 cm³/mol. The number of fused-ring (bicyclic) bond motifs is 1. The van der Waals surface area contributed by atoms with Gasteiger partial charge in [-0.1, -0.05) is 40.9 Å². The minimum Gasteiger partial charge on any atom is -0.468 e. The highest BCUT2D eigenvalue weighted by Crippen LogP contribution is 2.42. The molecule has 0 N–H and O–H groups in total. The van der Waals surface area contributed by atoms with E-state index < -0.39 is 0 Å². The second-order valence-electron chi connectivity index (χ2n) is 6.08. The normalized spacial score (nSPS) is 25.5. The van der Waals surface area contributed by atoms with Crippen molar-refractivity contribution in [3.8, 4) is 0 Å². The van der Waals surface area contributed by atoms with E-state index in [2.05, 4.69) is 15.9 Å². The molecule has 0 spiro atoms. The van der Waals surface area contributed by atoms with Crippen LogP contribution in [-0.4, -0.2) is 41.7 Å². The molecule has 2 fully saturated rings. The fraction of sp³-hybridized carbons (Fsp3) is 0.444. The third kappa shape index (κ3) is 3.86. The lowest BCUT2D eigenvalue weighted by Gasteiger charge is -2.43. The molecule has 3 rings (SSSR count). The molecule has 1 aliphatic carbocycles. The molecule has 1 saturated carbocycles. The average Bonchev–Trinajstić information content (AvgIpc) is 2.58. The Labute approximate surface area is 154 Å². The number of esters is 1. The Morgan fingerprint density at radius 3 is 2.96 bits per heavy atom. The van der Waals surface area contributed by atoms with Crippen LogP contribution in [0.2, 0.25) is 0 Å². The second kappa shape index (κ2) is 7.74. The molecule has 1 amide bonds. The lowest BCUT2D eigenvalue weighted by atomic mass is 9.93. The van der Waals surface area contributed by atoms with Crippen molar-refractivity contribution in [2.45, 2.75) is 37.0 Å². The number of thioether (sulfide) groups is 1. The maximum Gasteiger partial charge on any atom is 0.325 e. The minimum absolute atomic E-state index is 0.0346. The first kappa shape index (κ1) is 17.5. The zero-order valence-corrected chi connectivity index (χ0v) is 15.9. The molecule has 0 radical (unpaired) electrons. The molecule has 1 aliphatic heterocycles. The quantitative estimate of drug-likeness (QED) is 0.561. The first-order chi connectivity index (χ1) is 11.6. The van der Waals surface area contributed by atoms with Crippen molar-refractivity contribution in [2.75, 3.05) is 13.7 Å². The smallest absolute Gasteiger partial charge is 0.325 e. The Bertz CT molecular complexity index is 676. The molecule has 0 bridgehead atoms. The van der Waals surface area contributed by atoms with Crippen molar-refractivity contribution >= 4 is 45.6 Å². The molecule has 1 aromatic carbocycles. The van der Waals surface area contributed by atoms with Crippen molar-refractivity contribution in [3.63, 3.8) is 0 Å². The van der Waals surface area contributed by atoms with Gasteiger partial charge in [0.1, 0.15) is 6.54 Å². The number of halogens is 1. The molecule has 1 heterocycles. The summed E-state index contributed by atoms with van der Waals surface area (Å²) in [5, 5.41) is 0.361. The molecule has 128 valence electrons. The van der Waals surface area contributed by atoms with Crippen LogP contribution in [0, 0.1) is 0 Å². The van der Waals surface area contributed by atoms with Crippen LogP contribution in [0.3, 0.4) is 0 Å². The van der Waals surface area contributed by atoms with Crippen LogP contribution in [0.5, 0.6) is 0 Å². The van der Waals surface area contributed by atoms with Crippen molar-refractivity contribution < 1.29 is 14.3 Å². The Kier molecular flexibility index (Phi) is 5.66. The van der Waals surface area contributed by atoms with E-state index in [1.807, 2.05) is 30.3 Å². The highest BCUT2D eigenvalue weighted by atomic mass is 79.9. The van der Waals surface area contributed by atoms with Crippen LogP contribution in [-0.2, 0) is 14.3 Å². The molecule has 6 heteroatoms. The number of rotatable bonds is 3. The van der Waals surface area contributed by atoms with Gasteiger partial charge in [0.05, 0.1) is 12.0 Å². The predicted octanol–water partition coefficient (Wildman–Crippen LogP) is 3.85. The standard InChI is InChI=1S/C18H20BrNO3S/c1-23-17(21)11-20-14-7-2-3-8-15(14)24-16(18(20)22)10-12-5-4-6-13(19)9-12/h4-6,9-10,14-15H,2-3,7-8,11H2,1H3/b16-10-. The maximum atomic E-state index is 12.9. The average molecular weight is 410 g/mol. The van der Waals surface area contributed by atoms with E-state index in [1.165, 1.54) is 13.5 Å². The van der Waals surface area contributed by atoms with Gasteiger partial charge in [0.25, 0.3) is 5.91 Å². The van der Waals surface area contributed by atoms with Crippen LogP contribution >= 0.6 is 27.7 Å². The minimum atomic E-state index is -0.360. The summed E-state index contributed by atoms with van der Waals surface area (Å²) in [4.78, 5) is 27.1. The highest BCUT2D eigenvalue weighted by Gasteiger charge is 2.41. The van der Waals surface area contributed by atoms with Gasteiger partial charge < -0.3 is 9.64 Å². The third-order valence-corrected chi connectivity index (χ3v) is 6.38. The topological polar surface area (TPSA) is 46.6 Å². The fourth-order valence-corrected chi connectivity index (χ4v) is 5.20. The molecular formula is C18H20BrNO3S. The number of carbonyl (C=O) groups excluding carboxylic acids is 2. The first-order valence-electron chi connectivity index (χ1n) is 8.10. The van der Waals surface area contributed by atoms with Gasteiger partial charge in [-0.25, -0.2) is 0 Å². The summed E-state index contributed by atoms with van der Waals surface area (Å²) < 4.78 is 5.76. The van der Waals surface area contributed by atoms with Crippen molar-refractivity contribution in [1.29, 1.82) is 0 Å². The van der Waals surface area contributed by atoms with E-state index in [1.54, 1.807) is 16.7 Å². The first-order valence-corrected chi connectivity index (χ1v) is 9.77. The van der Waals surface area contributed by atoms with E-state index in [0.29, 0.717) is 10.2 Å².